The number of halogens is 3. The number of carbonyl (C=O) groups excluding carboxylic acids is 2. The zero-order valence-electron chi connectivity index (χ0n) is 21.6. The average Bonchev–Trinajstić information content (AvgIpc) is 2.94. The molecule has 0 saturated carbocycles. The summed E-state index contributed by atoms with van der Waals surface area (Å²) in [6.45, 7) is 1.29. The highest BCUT2D eigenvalue weighted by Gasteiger charge is 2.20. The van der Waals surface area contributed by atoms with Gasteiger partial charge in [0.1, 0.15) is 5.82 Å². The predicted molar refractivity (Wildman–Crippen MR) is 156 cm³/mol. The lowest BCUT2D eigenvalue weighted by Crippen LogP contribution is -2.29. The lowest BCUT2D eigenvalue weighted by molar-refractivity contribution is -0.117. The summed E-state index contributed by atoms with van der Waals surface area (Å²) < 4.78 is 14.7. The quantitative estimate of drug-likeness (QED) is 0.142. The molecule has 0 aliphatic carbocycles. The molecule has 1 atom stereocenters. The molecule has 2 amide bonds. The van der Waals surface area contributed by atoms with E-state index in [4.69, 9.17) is 28.3 Å². The smallest absolute Gasteiger partial charge is 0.409 e. The molecule has 3 N–H and O–H groups in total. The first-order valence-corrected chi connectivity index (χ1v) is 13.0. The molecular weight excluding hydrogens is 570 g/mol. The van der Waals surface area contributed by atoms with Gasteiger partial charge in [-0.25, -0.2) is 9.18 Å². The monoisotopic (exact) mass is 592 g/mol. The number of hydrogen-bond donors (Lipinski definition) is 3. The Hall–Kier alpha value is -4.60. The summed E-state index contributed by atoms with van der Waals surface area (Å²) in [5.74, 6) is -1.75. The van der Waals surface area contributed by atoms with Crippen molar-refractivity contribution in [3.05, 3.63) is 117 Å². The van der Waals surface area contributed by atoms with Crippen molar-refractivity contribution in [1.29, 1.82) is 0 Å². The highest BCUT2D eigenvalue weighted by molar-refractivity contribution is 6.32. The Kier molecular flexibility index (Phi) is 9.44. The van der Waals surface area contributed by atoms with E-state index in [0.29, 0.717) is 28.9 Å². The maximum absolute atomic E-state index is 14.7. The topological polar surface area (TPSA) is 121 Å². The molecule has 0 aliphatic rings. The van der Waals surface area contributed by atoms with Gasteiger partial charge in [-0.15, -0.1) is 5.10 Å². The third kappa shape index (κ3) is 7.53. The fourth-order valence-corrected chi connectivity index (χ4v) is 4.48. The second-order valence-corrected chi connectivity index (χ2v) is 9.71. The first-order valence-electron chi connectivity index (χ1n) is 12.3. The van der Waals surface area contributed by atoms with E-state index < -0.39 is 23.9 Å². The third-order valence-electron chi connectivity index (χ3n) is 6.08. The van der Waals surface area contributed by atoms with Gasteiger partial charge in [0.25, 0.3) is 0 Å². The van der Waals surface area contributed by atoms with Crippen LogP contribution in [0.4, 0.5) is 14.9 Å². The molecule has 8 nitrogen and oxygen atoms in total. The second-order valence-electron chi connectivity index (χ2n) is 8.94. The van der Waals surface area contributed by atoms with Crippen LogP contribution in [0.5, 0.6) is 0 Å². The fourth-order valence-electron chi connectivity index (χ4n) is 4.12. The molecule has 0 bridgehead atoms. The van der Waals surface area contributed by atoms with Gasteiger partial charge in [-0.1, -0.05) is 65.7 Å². The number of aromatic nitrogens is 2. The zero-order valence-corrected chi connectivity index (χ0v) is 23.1. The van der Waals surface area contributed by atoms with E-state index >= 15 is 0 Å². The molecular formula is C30H23Cl2FN4O4. The van der Waals surface area contributed by atoms with Gasteiger partial charge < -0.3 is 10.4 Å². The predicted octanol–water partition coefficient (Wildman–Crippen LogP) is 7.00. The third-order valence-corrected chi connectivity index (χ3v) is 6.66. The zero-order chi connectivity index (χ0) is 29.5. The van der Waals surface area contributed by atoms with Gasteiger partial charge in [0.15, 0.2) is 10.9 Å². The normalized spacial score (nSPS) is 11.7. The van der Waals surface area contributed by atoms with Crippen molar-refractivity contribution in [2.45, 2.75) is 19.4 Å². The molecule has 4 rings (SSSR count). The number of ketones is 1. The van der Waals surface area contributed by atoms with E-state index in [1.165, 1.54) is 25.1 Å². The van der Waals surface area contributed by atoms with Crippen molar-refractivity contribution in [3.8, 4) is 11.1 Å². The van der Waals surface area contributed by atoms with Crippen LogP contribution in [0.3, 0.4) is 0 Å². The summed E-state index contributed by atoms with van der Waals surface area (Å²) in [6.07, 6.45) is 1.49. The molecule has 0 radical (unpaired) electrons. The molecule has 0 spiro atoms. The standard InChI is InChI=1S/C30H23Cl2FN4O4/c1-17(38)21-11-13-24(31)28(33)22(21)12-14-27(39)35-25(15-18-5-3-2-4-6-18)26-16-23(29(32)37-36-26)19-7-9-20(10-8-19)34-30(40)41/h2-14,16,25,34H,15H2,1H3,(H,35,39)(H,40,41). The molecule has 0 aliphatic heterocycles. The van der Waals surface area contributed by atoms with Gasteiger partial charge in [-0.05, 0) is 60.9 Å². The lowest BCUT2D eigenvalue weighted by Gasteiger charge is -2.18. The Balaban J connectivity index is 1.65. The van der Waals surface area contributed by atoms with Gasteiger partial charge in [0.05, 0.1) is 16.8 Å². The minimum absolute atomic E-state index is 0.0887. The number of carbonyl (C=O) groups is 3. The van der Waals surface area contributed by atoms with Crippen LogP contribution in [0, 0.1) is 5.82 Å². The highest BCUT2D eigenvalue weighted by atomic mass is 35.5. The largest absolute Gasteiger partial charge is 0.465 e. The van der Waals surface area contributed by atoms with Crippen LogP contribution in [-0.4, -0.2) is 33.1 Å². The Morgan fingerprint density at radius 3 is 2.37 bits per heavy atom. The van der Waals surface area contributed by atoms with E-state index in [1.807, 2.05) is 30.3 Å². The van der Waals surface area contributed by atoms with Gasteiger partial charge in [0, 0.05) is 28.5 Å². The number of benzene rings is 3. The van der Waals surface area contributed by atoms with Crippen molar-refractivity contribution >= 4 is 52.7 Å². The van der Waals surface area contributed by atoms with E-state index in [0.717, 1.165) is 11.6 Å². The Morgan fingerprint density at radius 2 is 1.71 bits per heavy atom. The van der Waals surface area contributed by atoms with Crippen LogP contribution >= 0.6 is 23.2 Å². The number of Topliss-reactive ketones (excluding diaryl/α,β-unsaturated/α-hetero) is 1. The Bertz CT molecular complexity index is 1630. The summed E-state index contributed by atoms with van der Waals surface area (Å²) in [5.41, 5.74) is 2.87. The van der Waals surface area contributed by atoms with E-state index in [9.17, 15) is 18.8 Å². The summed E-state index contributed by atoms with van der Waals surface area (Å²) in [4.78, 5) is 35.9. The number of anilines is 1. The maximum Gasteiger partial charge on any atom is 0.409 e. The summed E-state index contributed by atoms with van der Waals surface area (Å²) in [7, 11) is 0. The average molecular weight is 593 g/mol. The first-order chi connectivity index (χ1) is 19.6. The van der Waals surface area contributed by atoms with Gasteiger partial charge in [-0.2, -0.15) is 5.10 Å². The first kappa shape index (κ1) is 29.4. The van der Waals surface area contributed by atoms with Crippen LogP contribution < -0.4 is 10.6 Å². The summed E-state index contributed by atoms with van der Waals surface area (Å²) in [6, 6.07) is 19.6. The number of amides is 2. The molecule has 1 aromatic heterocycles. The van der Waals surface area contributed by atoms with Gasteiger partial charge in [0.2, 0.25) is 5.91 Å². The molecule has 1 heterocycles. The minimum Gasteiger partial charge on any atom is -0.465 e. The van der Waals surface area contributed by atoms with Crippen molar-refractivity contribution in [1.82, 2.24) is 15.5 Å². The maximum atomic E-state index is 14.7. The Morgan fingerprint density at radius 1 is 1.00 bits per heavy atom. The van der Waals surface area contributed by atoms with Crippen LogP contribution in [0.25, 0.3) is 17.2 Å². The van der Waals surface area contributed by atoms with Crippen LogP contribution in [0.15, 0.2) is 78.9 Å². The number of rotatable bonds is 9. The Labute approximate surface area is 244 Å². The van der Waals surface area contributed by atoms with Crippen molar-refractivity contribution in [2.75, 3.05) is 5.32 Å². The molecule has 208 valence electrons. The second kappa shape index (κ2) is 13.2. The van der Waals surface area contributed by atoms with E-state index in [1.54, 1.807) is 30.3 Å². The molecule has 4 aromatic rings. The van der Waals surface area contributed by atoms with E-state index in [2.05, 4.69) is 20.8 Å². The summed E-state index contributed by atoms with van der Waals surface area (Å²) >= 11 is 12.2. The van der Waals surface area contributed by atoms with Crippen LogP contribution in [0.2, 0.25) is 10.2 Å². The van der Waals surface area contributed by atoms with Gasteiger partial charge in [-0.3, -0.25) is 14.9 Å². The highest BCUT2D eigenvalue weighted by Crippen LogP contribution is 2.30. The number of nitrogens with zero attached hydrogens (tertiary/aromatic N) is 2. The molecule has 0 fully saturated rings. The van der Waals surface area contributed by atoms with Crippen LogP contribution in [-0.2, 0) is 11.2 Å². The van der Waals surface area contributed by atoms with E-state index in [-0.39, 0.29) is 27.1 Å². The van der Waals surface area contributed by atoms with Crippen molar-refractivity contribution in [3.63, 3.8) is 0 Å². The number of carboxylic acid groups (broad SMARTS) is 1. The molecule has 1 unspecified atom stereocenters. The molecule has 11 heteroatoms. The fraction of sp³-hybridized carbons (Fsp3) is 0.100. The van der Waals surface area contributed by atoms with Gasteiger partial charge >= 0.3 is 6.09 Å². The molecule has 3 aromatic carbocycles. The number of nitrogens with one attached hydrogen (secondary N) is 2. The summed E-state index contributed by atoms with van der Waals surface area (Å²) in [5, 5.41) is 22.3. The molecule has 0 saturated heterocycles. The van der Waals surface area contributed by atoms with Crippen molar-refractivity contribution in [2.24, 2.45) is 0 Å². The SMILES string of the molecule is CC(=O)c1ccc(Cl)c(F)c1C=CC(=O)NC(Cc1ccccc1)c1cc(-c2ccc(NC(=O)O)cc2)c(Cl)nn1. The minimum atomic E-state index is -1.19. The number of hydrogen-bond acceptors (Lipinski definition) is 5. The van der Waals surface area contributed by atoms with Crippen molar-refractivity contribution < 1.29 is 23.9 Å². The molecule has 41 heavy (non-hydrogen) atoms. The van der Waals surface area contributed by atoms with Crippen LogP contribution in [0.1, 0.15) is 40.1 Å². The lowest BCUT2D eigenvalue weighted by atomic mass is 10.00.